The topological polar surface area (TPSA) is 88.6 Å². The Hall–Kier alpha value is -2.19. The highest BCUT2D eigenvalue weighted by Crippen LogP contribution is 2.54. The van der Waals surface area contributed by atoms with Crippen LogP contribution in [-0.4, -0.2) is 40.9 Å². The lowest BCUT2D eigenvalue weighted by molar-refractivity contribution is 0.0694. The third kappa shape index (κ3) is 2.40. The Morgan fingerprint density at radius 3 is 2.61 bits per heavy atom. The lowest BCUT2D eigenvalue weighted by atomic mass is 10.0. The van der Waals surface area contributed by atoms with E-state index in [9.17, 15) is 19.1 Å². The maximum Gasteiger partial charge on any atom is 0.341 e. The van der Waals surface area contributed by atoms with Crippen LogP contribution in [0.25, 0.3) is 10.9 Å². The van der Waals surface area contributed by atoms with Crippen molar-refractivity contribution < 1.29 is 18.7 Å². The quantitative estimate of drug-likeness (QED) is 0.813. The average Bonchev–Trinajstić information content (AvgIpc) is 3.51. The number of halogens is 3. The van der Waals surface area contributed by atoms with Crippen LogP contribution in [0.1, 0.15) is 35.7 Å². The number of aromatic carboxylic acids is 1. The summed E-state index contributed by atoms with van der Waals surface area (Å²) in [6, 6.07) is 0.308. The number of nitrogens with zero attached hydrogens (tertiary/aromatic N) is 2. The smallest absolute Gasteiger partial charge is 0.341 e. The van der Waals surface area contributed by atoms with Crippen LogP contribution < -0.4 is 16.1 Å². The standard InChI is InChI=1S/C19H18ClF2N3O3/c20-14-15-8(17(26)9(18(27)28)5-25(15)12-4-10(12)21)3-11(22)16(14)24-6-13(23)19(7-24)1-2-19/h3,5,10,12-13H,1-2,4,6-7,23H2,(H,27,28)/t10-,12?,13-/m0/s1. The maximum absolute atomic E-state index is 15.0. The van der Waals surface area contributed by atoms with Gasteiger partial charge in [-0.3, -0.25) is 4.79 Å². The Morgan fingerprint density at radius 1 is 1.39 bits per heavy atom. The molecule has 28 heavy (non-hydrogen) atoms. The van der Waals surface area contributed by atoms with Gasteiger partial charge in [0.15, 0.2) is 0 Å². The first-order valence-corrected chi connectivity index (χ1v) is 9.56. The predicted molar refractivity (Wildman–Crippen MR) is 101 cm³/mol. The third-order valence-corrected chi connectivity index (χ3v) is 6.73. The van der Waals surface area contributed by atoms with Gasteiger partial charge in [-0.05, 0) is 18.9 Å². The first-order valence-electron chi connectivity index (χ1n) is 9.18. The van der Waals surface area contributed by atoms with E-state index in [0.717, 1.165) is 25.1 Å². The van der Waals surface area contributed by atoms with Crippen LogP contribution in [0.2, 0.25) is 5.02 Å². The number of carboxylic acid groups (broad SMARTS) is 1. The normalized spacial score (nSPS) is 27.6. The molecule has 1 saturated heterocycles. The minimum atomic E-state index is -1.45. The van der Waals surface area contributed by atoms with Gasteiger partial charge >= 0.3 is 5.97 Å². The molecule has 3 fully saturated rings. The highest BCUT2D eigenvalue weighted by Gasteiger charge is 2.54. The number of aromatic nitrogens is 1. The minimum absolute atomic E-state index is 0.00645. The molecule has 2 aliphatic carbocycles. The number of alkyl halides is 1. The number of hydrogen-bond donors (Lipinski definition) is 2. The number of nitrogens with two attached hydrogens (primary N) is 1. The molecule has 1 spiro atoms. The van der Waals surface area contributed by atoms with Crippen molar-refractivity contribution in [1.82, 2.24) is 4.57 Å². The van der Waals surface area contributed by atoms with Crippen LogP contribution in [0.4, 0.5) is 14.5 Å². The first-order chi connectivity index (χ1) is 13.2. The van der Waals surface area contributed by atoms with Crippen molar-refractivity contribution in [1.29, 1.82) is 0 Å². The molecule has 3 atom stereocenters. The summed E-state index contributed by atoms with van der Waals surface area (Å²) in [5.74, 6) is -2.15. The van der Waals surface area contributed by atoms with Gasteiger partial charge in [-0.15, -0.1) is 0 Å². The zero-order chi connectivity index (χ0) is 20.0. The molecule has 2 saturated carbocycles. The number of anilines is 1. The largest absolute Gasteiger partial charge is 0.477 e. The fourth-order valence-electron chi connectivity index (χ4n) is 4.43. The monoisotopic (exact) mass is 409 g/mol. The summed E-state index contributed by atoms with van der Waals surface area (Å²) in [6.07, 6.45) is 2.11. The molecule has 1 aromatic heterocycles. The summed E-state index contributed by atoms with van der Waals surface area (Å²) in [6.45, 7) is 1.01. The number of carboxylic acids is 1. The molecule has 148 valence electrons. The van der Waals surface area contributed by atoms with Gasteiger partial charge in [0.25, 0.3) is 0 Å². The molecule has 5 rings (SSSR count). The van der Waals surface area contributed by atoms with E-state index in [4.69, 9.17) is 17.3 Å². The van der Waals surface area contributed by atoms with Crippen molar-refractivity contribution in [2.45, 2.75) is 37.5 Å². The molecule has 3 aliphatic rings. The van der Waals surface area contributed by atoms with Crippen molar-refractivity contribution >= 4 is 34.2 Å². The number of fused-ring (bicyclic) bond motifs is 1. The summed E-state index contributed by atoms with van der Waals surface area (Å²) in [5.41, 5.74) is 5.15. The van der Waals surface area contributed by atoms with Gasteiger partial charge in [0.05, 0.1) is 27.7 Å². The second-order valence-electron chi connectivity index (χ2n) is 8.17. The van der Waals surface area contributed by atoms with Gasteiger partial charge in [0, 0.05) is 37.2 Å². The number of benzene rings is 1. The zero-order valence-corrected chi connectivity index (χ0v) is 15.5. The summed E-state index contributed by atoms with van der Waals surface area (Å²) < 4.78 is 30.2. The Labute approximate surface area is 163 Å². The summed E-state index contributed by atoms with van der Waals surface area (Å²) in [5, 5.41) is 9.16. The zero-order valence-electron chi connectivity index (χ0n) is 14.8. The van der Waals surface area contributed by atoms with E-state index in [1.54, 1.807) is 4.90 Å². The lowest BCUT2D eigenvalue weighted by Gasteiger charge is -2.23. The molecule has 9 heteroatoms. The van der Waals surface area contributed by atoms with Crippen LogP contribution in [0.5, 0.6) is 0 Å². The van der Waals surface area contributed by atoms with Crippen LogP contribution in [0.3, 0.4) is 0 Å². The van der Waals surface area contributed by atoms with E-state index >= 15 is 4.39 Å². The fourth-order valence-corrected chi connectivity index (χ4v) is 4.84. The van der Waals surface area contributed by atoms with E-state index in [1.165, 1.54) is 4.57 Å². The van der Waals surface area contributed by atoms with E-state index in [1.807, 2.05) is 0 Å². The van der Waals surface area contributed by atoms with Crippen molar-refractivity contribution in [3.63, 3.8) is 0 Å². The molecule has 0 bridgehead atoms. The molecular weight excluding hydrogens is 392 g/mol. The van der Waals surface area contributed by atoms with E-state index < -0.39 is 35.0 Å². The molecule has 2 heterocycles. The Balaban J connectivity index is 1.75. The second kappa shape index (κ2) is 5.67. The van der Waals surface area contributed by atoms with E-state index in [-0.39, 0.29) is 39.5 Å². The van der Waals surface area contributed by atoms with Crippen LogP contribution in [0.15, 0.2) is 17.1 Å². The molecule has 0 amide bonds. The molecule has 6 nitrogen and oxygen atoms in total. The maximum atomic E-state index is 15.0. The molecule has 0 radical (unpaired) electrons. The molecule has 1 aliphatic heterocycles. The van der Waals surface area contributed by atoms with Crippen LogP contribution in [0, 0.1) is 11.2 Å². The number of rotatable bonds is 3. The number of hydrogen-bond acceptors (Lipinski definition) is 4. The molecule has 2 aromatic rings. The van der Waals surface area contributed by atoms with Crippen molar-refractivity contribution in [3.8, 4) is 0 Å². The van der Waals surface area contributed by atoms with Crippen molar-refractivity contribution in [3.05, 3.63) is 38.9 Å². The Morgan fingerprint density at radius 2 is 2.07 bits per heavy atom. The molecular formula is C19H18ClF2N3O3. The second-order valence-corrected chi connectivity index (χ2v) is 8.55. The summed E-state index contributed by atoms with van der Waals surface area (Å²) in [7, 11) is 0. The third-order valence-electron chi connectivity index (χ3n) is 6.37. The summed E-state index contributed by atoms with van der Waals surface area (Å²) >= 11 is 6.56. The van der Waals surface area contributed by atoms with E-state index in [0.29, 0.717) is 13.1 Å². The fraction of sp³-hybridized carbons (Fsp3) is 0.474. The van der Waals surface area contributed by atoms with Crippen molar-refractivity contribution in [2.24, 2.45) is 11.1 Å². The van der Waals surface area contributed by atoms with Gasteiger partial charge in [-0.1, -0.05) is 11.6 Å². The van der Waals surface area contributed by atoms with Gasteiger partial charge in [0.1, 0.15) is 17.6 Å². The number of carbonyl (C=O) groups is 1. The Bertz CT molecular complexity index is 1100. The predicted octanol–water partition coefficient (Wildman–Crippen LogP) is 2.70. The molecule has 1 unspecified atom stereocenters. The number of pyridine rings is 1. The van der Waals surface area contributed by atoms with Crippen LogP contribution in [-0.2, 0) is 0 Å². The Kier molecular flexibility index (Phi) is 3.62. The van der Waals surface area contributed by atoms with Gasteiger partial charge in [-0.2, -0.15) is 0 Å². The van der Waals surface area contributed by atoms with Gasteiger partial charge < -0.3 is 20.3 Å². The van der Waals surface area contributed by atoms with Crippen molar-refractivity contribution in [2.75, 3.05) is 18.0 Å². The molecule has 1 aromatic carbocycles. The SMILES string of the molecule is N[C@H]1CN(c2c(F)cc3c(=O)c(C(=O)O)cn(C4C[C@@H]4F)c3c2Cl)CC12CC2. The first kappa shape index (κ1) is 17.9. The highest BCUT2D eigenvalue weighted by molar-refractivity contribution is 6.38. The van der Waals surface area contributed by atoms with Crippen LogP contribution >= 0.6 is 11.6 Å². The lowest BCUT2D eigenvalue weighted by Crippen LogP contribution is -2.30. The van der Waals surface area contributed by atoms with Gasteiger partial charge in [0.2, 0.25) is 5.43 Å². The summed E-state index contributed by atoms with van der Waals surface area (Å²) in [4.78, 5) is 25.8. The highest BCUT2D eigenvalue weighted by atomic mass is 35.5. The average molecular weight is 410 g/mol. The van der Waals surface area contributed by atoms with E-state index in [2.05, 4.69) is 0 Å². The minimum Gasteiger partial charge on any atom is -0.477 e. The van der Waals surface area contributed by atoms with Gasteiger partial charge in [-0.25, -0.2) is 13.6 Å². The molecule has 3 N–H and O–H groups in total.